The van der Waals surface area contributed by atoms with E-state index in [1.807, 2.05) is 20.0 Å². The average Bonchev–Trinajstić information content (AvgIpc) is 2.35. The Morgan fingerprint density at radius 1 is 1.29 bits per heavy atom. The molecule has 0 spiro atoms. The van der Waals surface area contributed by atoms with E-state index < -0.39 is 0 Å². The highest BCUT2D eigenvalue weighted by atomic mass is 16.2. The highest BCUT2D eigenvalue weighted by Gasteiger charge is 2.03. The van der Waals surface area contributed by atoms with E-state index in [1.165, 1.54) is 0 Å². The van der Waals surface area contributed by atoms with Crippen molar-refractivity contribution in [2.24, 2.45) is 0 Å². The number of hydrogen-bond donors (Lipinski definition) is 2. The molecule has 0 amide bonds. The minimum absolute atomic E-state index is 0.280. The van der Waals surface area contributed by atoms with Gasteiger partial charge in [-0.3, -0.25) is 0 Å². The molecule has 96 valence electrons. The second-order valence-electron chi connectivity index (χ2n) is 4.00. The lowest BCUT2D eigenvalue weighted by Gasteiger charge is -2.18. The summed E-state index contributed by atoms with van der Waals surface area (Å²) in [6, 6.07) is 1.95. The molecule has 1 aromatic rings. The van der Waals surface area contributed by atoms with Crippen LogP contribution in [0.1, 0.15) is 26.2 Å². The van der Waals surface area contributed by atoms with Crippen LogP contribution in [0.4, 0.5) is 11.6 Å². The molecule has 1 rings (SSSR count). The van der Waals surface area contributed by atoms with Crippen LogP contribution in [-0.2, 0) is 0 Å². The number of anilines is 2. The van der Waals surface area contributed by atoms with E-state index in [9.17, 15) is 0 Å². The van der Waals surface area contributed by atoms with Gasteiger partial charge in [0.05, 0.1) is 0 Å². The van der Waals surface area contributed by atoms with Gasteiger partial charge < -0.3 is 15.3 Å². The monoisotopic (exact) mass is 238 g/mol. The highest BCUT2D eigenvalue weighted by molar-refractivity contribution is 5.47. The Morgan fingerprint density at radius 3 is 2.82 bits per heavy atom. The van der Waals surface area contributed by atoms with Gasteiger partial charge in [0.25, 0.3) is 0 Å². The van der Waals surface area contributed by atoms with E-state index in [1.54, 1.807) is 6.33 Å². The third kappa shape index (κ3) is 4.99. The summed E-state index contributed by atoms with van der Waals surface area (Å²) in [6.07, 6.45) is 4.57. The van der Waals surface area contributed by atoms with Crippen LogP contribution in [0.25, 0.3) is 0 Å². The van der Waals surface area contributed by atoms with Crippen molar-refractivity contribution in [3.63, 3.8) is 0 Å². The molecule has 0 atom stereocenters. The normalized spacial score (nSPS) is 10.3. The summed E-state index contributed by atoms with van der Waals surface area (Å²) in [5.41, 5.74) is 0. The molecule has 2 N–H and O–H groups in total. The van der Waals surface area contributed by atoms with Crippen molar-refractivity contribution >= 4 is 11.6 Å². The van der Waals surface area contributed by atoms with Gasteiger partial charge in [0.2, 0.25) is 0 Å². The summed E-state index contributed by atoms with van der Waals surface area (Å²) in [4.78, 5) is 10.5. The molecule has 0 aliphatic rings. The Balaban J connectivity index is 2.44. The van der Waals surface area contributed by atoms with Crippen molar-refractivity contribution in [2.75, 3.05) is 37.0 Å². The first kappa shape index (κ1) is 13.7. The molecule has 0 aliphatic heterocycles. The van der Waals surface area contributed by atoms with Crippen LogP contribution in [0.3, 0.4) is 0 Å². The third-order valence-corrected chi connectivity index (χ3v) is 2.55. The lowest BCUT2D eigenvalue weighted by atomic mass is 10.2. The van der Waals surface area contributed by atoms with Gasteiger partial charge in [0.1, 0.15) is 18.0 Å². The lowest BCUT2D eigenvalue weighted by Crippen LogP contribution is -2.20. The molecule has 1 heterocycles. The van der Waals surface area contributed by atoms with Crippen molar-refractivity contribution in [1.29, 1.82) is 0 Å². The molecule has 0 radical (unpaired) electrons. The molecule has 0 bridgehead atoms. The molecule has 0 saturated carbocycles. The molecule has 17 heavy (non-hydrogen) atoms. The molecule has 0 unspecified atom stereocenters. The van der Waals surface area contributed by atoms with Crippen molar-refractivity contribution in [3.8, 4) is 0 Å². The summed E-state index contributed by atoms with van der Waals surface area (Å²) in [6.45, 7) is 4.13. The van der Waals surface area contributed by atoms with Crippen LogP contribution < -0.4 is 10.2 Å². The molecular formula is C12H22N4O. The van der Waals surface area contributed by atoms with Crippen LogP contribution in [-0.4, -0.2) is 41.8 Å². The highest BCUT2D eigenvalue weighted by Crippen LogP contribution is 2.13. The predicted molar refractivity (Wildman–Crippen MR) is 70.4 cm³/mol. The van der Waals surface area contributed by atoms with E-state index in [-0.39, 0.29) is 6.61 Å². The largest absolute Gasteiger partial charge is 0.396 e. The van der Waals surface area contributed by atoms with E-state index >= 15 is 0 Å². The minimum Gasteiger partial charge on any atom is -0.396 e. The third-order valence-electron chi connectivity index (χ3n) is 2.55. The Kier molecular flexibility index (Phi) is 6.32. The molecule has 1 aromatic heterocycles. The van der Waals surface area contributed by atoms with Crippen LogP contribution >= 0.6 is 0 Å². The van der Waals surface area contributed by atoms with Gasteiger partial charge in [-0.2, -0.15) is 0 Å². The Hall–Kier alpha value is -1.36. The number of nitrogens with one attached hydrogen (secondary N) is 1. The quantitative estimate of drug-likeness (QED) is 0.672. The molecular weight excluding hydrogens is 216 g/mol. The number of nitrogens with zero attached hydrogens (tertiary/aromatic N) is 3. The number of rotatable bonds is 8. The first-order valence-corrected chi connectivity index (χ1v) is 6.15. The zero-order valence-electron chi connectivity index (χ0n) is 10.7. The molecule has 0 fully saturated rings. The topological polar surface area (TPSA) is 61.3 Å². The first-order valence-electron chi connectivity index (χ1n) is 6.15. The predicted octanol–water partition coefficient (Wildman–Crippen LogP) is 1.51. The van der Waals surface area contributed by atoms with Crippen LogP contribution in [0, 0.1) is 0 Å². The maximum absolute atomic E-state index is 8.70. The SMILES string of the molecule is CCNc1cc(N(C)CCCCCO)ncn1. The summed E-state index contributed by atoms with van der Waals surface area (Å²) < 4.78 is 0. The van der Waals surface area contributed by atoms with Crippen LogP contribution in [0.5, 0.6) is 0 Å². The second kappa shape index (κ2) is 7.84. The zero-order valence-corrected chi connectivity index (χ0v) is 10.7. The van der Waals surface area contributed by atoms with Crippen molar-refractivity contribution in [1.82, 2.24) is 9.97 Å². The number of hydrogen-bond acceptors (Lipinski definition) is 5. The van der Waals surface area contributed by atoms with Gasteiger partial charge in [0.15, 0.2) is 0 Å². The minimum atomic E-state index is 0.280. The van der Waals surface area contributed by atoms with Crippen LogP contribution in [0.2, 0.25) is 0 Å². The standard InChI is InChI=1S/C12H22N4O/c1-3-13-11-9-12(15-10-14-11)16(2)7-5-4-6-8-17/h9-10,17H,3-8H2,1-2H3,(H,13,14,15). The number of aromatic nitrogens is 2. The molecule has 5 heteroatoms. The Bertz CT molecular complexity index is 319. The Labute approximate surface area is 103 Å². The molecule has 0 saturated heterocycles. The van der Waals surface area contributed by atoms with Crippen molar-refractivity contribution in [2.45, 2.75) is 26.2 Å². The number of aliphatic hydroxyl groups is 1. The van der Waals surface area contributed by atoms with Gasteiger partial charge in [0, 0.05) is 32.8 Å². The van der Waals surface area contributed by atoms with Gasteiger partial charge in [-0.15, -0.1) is 0 Å². The first-order chi connectivity index (χ1) is 8.27. The van der Waals surface area contributed by atoms with Crippen molar-refractivity contribution in [3.05, 3.63) is 12.4 Å². The molecule has 5 nitrogen and oxygen atoms in total. The van der Waals surface area contributed by atoms with Gasteiger partial charge in [-0.05, 0) is 26.2 Å². The lowest BCUT2D eigenvalue weighted by molar-refractivity contribution is 0.283. The summed E-state index contributed by atoms with van der Waals surface area (Å²) in [7, 11) is 2.02. The summed E-state index contributed by atoms with van der Waals surface area (Å²) in [5, 5.41) is 11.9. The van der Waals surface area contributed by atoms with E-state index in [0.717, 1.165) is 44.0 Å². The number of unbranched alkanes of at least 4 members (excludes halogenated alkanes) is 2. The fourth-order valence-electron chi connectivity index (χ4n) is 1.59. The second-order valence-corrected chi connectivity index (χ2v) is 4.00. The fourth-order valence-corrected chi connectivity index (χ4v) is 1.59. The van der Waals surface area contributed by atoms with Gasteiger partial charge in [-0.1, -0.05) is 0 Å². The van der Waals surface area contributed by atoms with E-state index in [4.69, 9.17) is 5.11 Å². The summed E-state index contributed by atoms with van der Waals surface area (Å²) in [5.74, 6) is 1.79. The molecule has 0 aromatic carbocycles. The average molecular weight is 238 g/mol. The van der Waals surface area contributed by atoms with Crippen molar-refractivity contribution < 1.29 is 5.11 Å². The molecule has 0 aliphatic carbocycles. The van der Waals surface area contributed by atoms with Gasteiger partial charge >= 0.3 is 0 Å². The fraction of sp³-hybridized carbons (Fsp3) is 0.667. The smallest absolute Gasteiger partial charge is 0.133 e. The maximum atomic E-state index is 8.70. The van der Waals surface area contributed by atoms with E-state index in [0.29, 0.717) is 0 Å². The van der Waals surface area contributed by atoms with E-state index in [2.05, 4.69) is 20.2 Å². The zero-order chi connectivity index (χ0) is 12.5. The number of aliphatic hydroxyl groups excluding tert-OH is 1. The Morgan fingerprint density at radius 2 is 2.12 bits per heavy atom. The van der Waals surface area contributed by atoms with Crippen LogP contribution in [0.15, 0.2) is 12.4 Å². The summed E-state index contributed by atoms with van der Waals surface area (Å²) >= 11 is 0. The maximum Gasteiger partial charge on any atom is 0.133 e. The van der Waals surface area contributed by atoms with Gasteiger partial charge in [-0.25, -0.2) is 9.97 Å².